The number of nitrogens with zero attached hydrogens (tertiary/aromatic N) is 1. The van der Waals surface area contributed by atoms with Crippen LogP contribution in [0.5, 0.6) is 0 Å². The summed E-state index contributed by atoms with van der Waals surface area (Å²) in [6, 6.07) is 0.255. The fourth-order valence-corrected chi connectivity index (χ4v) is 2.27. The average Bonchev–Trinajstić information content (AvgIpc) is 2.25. The van der Waals surface area contributed by atoms with E-state index in [1.165, 1.54) is 0 Å². The molecular formula is C11H22N2O3. The summed E-state index contributed by atoms with van der Waals surface area (Å²) < 4.78 is 5.01. The minimum absolute atomic E-state index is 0.255. The molecule has 0 amide bonds. The Morgan fingerprint density at radius 2 is 2.38 bits per heavy atom. The predicted octanol–water partition coefficient (Wildman–Crippen LogP) is 0.289. The van der Waals surface area contributed by atoms with Crippen molar-refractivity contribution in [2.24, 2.45) is 5.73 Å². The molecule has 0 aromatic carbocycles. The highest BCUT2D eigenvalue weighted by Gasteiger charge is 2.40. The van der Waals surface area contributed by atoms with Crippen LogP contribution >= 0.6 is 0 Å². The smallest absolute Gasteiger partial charge is 0.323 e. The first kappa shape index (κ1) is 13.4. The molecule has 1 saturated carbocycles. The highest BCUT2D eigenvalue weighted by Crippen LogP contribution is 2.29. The van der Waals surface area contributed by atoms with E-state index in [0.29, 0.717) is 19.4 Å². The Morgan fingerprint density at radius 1 is 1.69 bits per heavy atom. The van der Waals surface area contributed by atoms with E-state index < -0.39 is 11.5 Å². The van der Waals surface area contributed by atoms with Gasteiger partial charge in [-0.05, 0) is 32.7 Å². The van der Waals surface area contributed by atoms with Crippen LogP contribution in [0.2, 0.25) is 0 Å². The van der Waals surface area contributed by atoms with Crippen LogP contribution in [0, 0.1) is 0 Å². The summed E-state index contributed by atoms with van der Waals surface area (Å²) in [5.74, 6) is -0.877. The number of hydrogen-bond donors (Lipinski definition) is 2. The van der Waals surface area contributed by atoms with Gasteiger partial charge in [-0.3, -0.25) is 4.79 Å². The lowest BCUT2D eigenvalue weighted by Gasteiger charge is -2.38. The Bertz CT molecular complexity index is 247. The third-order valence-electron chi connectivity index (χ3n) is 3.46. The number of likely N-dealkylation sites (N-methyl/N-ethyl adjacent to an activating group) is 1. The molecule has 94 valence electrons. The van der Waals surface area contributed by atoms with Gasteiger partial charge in [0.2, 0.25) is 0 Å². The summed E-state index contributed by atoms with van der Waals surface area (Å²) in [7, 11) is 3.66. The van der Waals surface area contributed by atoms with Gasteiger partial charge in [-0.25, -0.2) is 0 Å². The Hall–Kier alpha value is -0.650. The zero-order valence-corrected chi connectivity index (χ0v) is 10.1. The van der Waals surface area contributed by atoms with Gasteiger partial charge < -0.3 is 20.5 Å². The van der Waals surface area contributed by atoms with E-state index >= 15 is 0 Å². The molecule has 1 aliphatic rings. The highest BCUT2D eigenvalue weighted by molar-refractivity contribution is 5.78. The molecule has 1 aliphatic carbocycles. The summed E-state index contributed by atoms with van der Waals surface area (Å²) >= 11 is 0. The van der Waals surface area contributed by atoms with Crippen molar-refractivity contribution in [1.29, 1.82) is 0 Å². The average molecular weight is 230 g/mol. The molecule has 3 N–H and O–H groups in total. The van der Waals surface area contributed by atoms with Crippen molar-refractivity contribution in [2.75, 3.05) is 27.3 Å². The number of hydrogen-bond acceptors (Lipinski definition) is 4. The number of nitrogens with two attached hydrogens (primary N) is 1. The molecule has 1 fully saturated rings. The van der Waals surface area contributed by atoms with E-state index in [1.807, 2.05) is 7.05 Å². The second-order valence-electron chi connectivity index (χ2n) is 4.68. The Balaban J connectivity index is 2.53. The molecule has 0 heterocycles. The molecule has 2 unspecified atom stereocenters. The molecule has 0 bridgehead atoms. The van der Waals surface area contributed by atoms with Crippen LogP contribution in [-0.2, 0) is 9.53 Å². The van der Waals surface area contributed by atoms with Crippen LogP contribution < -0.4 is 5.73 Å². The zero-order chi connectivity index (χ0) is 12.2. The van der Waals surface area contributed by atoms with Gasteiger partial charge in [0.25, 0.3) is 0 Å². The zero-order valence-electron chi connectivity index (χ0n) is 10.1. The molecule has 0 spiro atoms. The van der Waals surface area contributed by atoms with Gasteiger partial charge in [-0.1, -0.05) is 0 Å². The molecule has 0 aliphatic heterocycles. The first-order valence-corrected chi connectivity index (χ1v) is 5.71. The Kier molecular flexibility index (Phi) is 4.70. The van der Waals surface area contributed by atoms with Crippen molar-refractivity contribution >= 4 is 5.97 Å². The molecule has 0 aromatic heterocycles. The fraction of sp³-hybridized carbons (Fsp3) is 0.909. The van der Waals surface area contributed by atoms with E-state index in [4.69, 9.17) is 15.6 Å². The van der Waals surface area contributed by atoms with Crippen molar-refractivity contribution in [1.82, 2.24) is 4.90 Å². The molecular weight excluding hydrogens is 208 g/mol. The number of carboxylic acid groups (broad SMARTS) is 1. The first-order valence-electron chi connectivity index (χ1n) is 5.71. The van der Waals surface area contributed by atoms with E-state index in [-0.39, 0.29) is 6.04 Å². The number of ether oxygens (including phenoxy) is 1. The quantitative estimate of drug-likeness (QED) is 0.710. The largest absolute Gasteiger partial charge is 0.480 e. The Labute approximate surface area is 96.6 Å². The second-order valence-corrected chi connectivity index (χ2v) is 4.68. The lowest BCUT2D eigenvalue weighted by Crippen LogP contribution is -2.55. The topological polar surface area (TPSA) is 75.8 Å². The molecule has 1 rings (SSSR count). The second kappa shape index (κ2) is 5.61. The highest BCUT2D eigenvalue weighted by atomic mass is 16.5. The SMILES string of the molecule is COCCN(C)C1CCCC(N)(C(=O)O)C1. The van der Waals surface area contributed by atoms with E-state index in [2.05, 4.69) is 4.90 Å². The number of rotatable bonds is 5. The van der Waals surface area contributed by atoms with E-state index in [1.54, 1.807) is 7.11 Å². The summed E-state index contributed by atoms with van der Waals surface area (Å²) in [6.45, 7) is 1.48. The van der Waals surface area contributed by atoms with Crippen molar-refractivity contribution < 1.29 is 14.6 Å². The molecule has 16 heavy (non-hydrogen) atoms. The normalized spacial score (nSPS) is 30.6. The maximum absolute atomic E-state index is 11.1. The summed E-state index contributed by atoms with van der Waals surface area (Å²) in [5.41, 5.74) is 4.86. The molecule has 5 nitrogen and oxygen atoms in total. The third kappa shape index (κ3) is 3.17. The van der Waals surface area contributed by atoms with Crippen LogP contribution in [0.4, 0.5) is 0 Å². The van der Waals surface area contributed by atoms with Gasteiger partial charge in [0.1, 0.15) is 5.54 Å². The Morgan fingerprint density at radius 3 is 2.94 bits per heavy atom. The molecule has 5 heteroatoms. The van der Waals surface area contributed by atoms with Crippen LogP contribution in [0.1, 0.15) is 25.7 Å². The van der Waals surface area contributed by atoms with Crippen LogP contribution in [0.25, 0.3) is 0 Å². The summed E-state index contributed by atoms with van der Waals surface area (Å²) in [6.07, 6.45) is 3.01. The van der Waals surface area contributed by atoms with Gasteiger partial charge >= 0.3 is 5.97 Å². The van der Waals surface area contributed by atoms with E-state index in [9.17, 15) is 4.79 Å². The van der Waals surface area contributed by atoms with Crippen LogP contribution in [0.15, 0.2) is 0 Å². The van der Waals surface area contributed by atoms with E-state index in [0.717, 1.165) is 19.4 Å². The minimum atomic E-state index is -1.04. The molecule has 0 saturated heterocycles. The minimum Gasteiger partial charge on any atom is -0.480 e. The summed E-state index contributed by atoms with van der Waals surface area (Å²) in [4.78, 5) is 13.2. The van der Waals surface area contributed by atoms with Gasteiger partial charge in [0, 0.05) is 19.7 Å². The van der Waals surface area contributed by atoms with Crippen molar-refractivity contribution in [3.63, 3.8) is 0 Å². The lowest BCUT2D eigenvalue weighted by molar-refractivity contribution is -0.145. The standard InChI is InChI=1S/C11H22N2O3/c1-13(6-7-16-2)9-4-3-5-11(12,8-9)10(14)15/h9H,3-8,12H2,1-2H3,(H,14,15). The monoisotopic (exact) mass is 230 g/mol. The number of carboxylic acids is 1. The third-order valence-corrected chi connectivity index (χ3v) is 3.46. The molecule has 0 radical (unpaired) electrons. The van der Waals surface area contributed by atoms with Gasteiger partial charge in [-0.15, -0.1) is 0 Å². The molecule has 2 atom stereocenters. The van der Waals surface area contributed by atoms with Gasteiger partial charge in [0.15, 0.2) is 0 Å². The van der Waals surface area contributed by atoms with Crippen molar-refractivity contribution in [3.8, 4) is 0 Å². The summed E-state index contributed by atoms with van der Waals surface area (Å²) in [5, 5.41) is 9.10. The van der Waals surface area contributed by atoms with Crippen LogP contribution in [0.3, 0.4) is 0 Å². The maximum Gasteiger partial charge on any atom is 0.323 e. The lowest BCUT2D eigenvalue weighted by atomic mass is 9.79. The van der Waals surface area contributed by atoms with Gasteiger partial charge in [0.05, 0.1) is 6.61 Å². The first-order chi connectivity index (χ1) is 7.49. The van der Waals surface area contributed by atoms with Crippen molar-refractivity contribution in [2.45, 2.75) is 37.3 Å². The fourth-order valence-electron chi connectivity index (χ4n) is 2.27. The number of aliphatic carboxylic acids is 1. The van der Waals surface area contributed by atoms with Gasteiger partial charge in [-0.2, -0.15) is 0 Å². The van der Waals surface area contributed by atoms with Crippen LogP contribution in [-0.4, -0.2) is 54.9 Å². The molecule has 0 aromatic rings. The predicted molar refractivity (Wildman–Crippen MR) is 61.3 cm³/mol. The number of carbonyl (C=O) groups is 1. The maximum atomic E-state index is 11.1. The van der Waals surface area contributed by atoms with Crippen molar-refractivity contribution in [3.05, 3.63) is 0 Å². The number of methoxy groups -OCH3 is 1.